The number of nitrogens with two attached hydrogens (primary N) is 1. The summed E-state index contributed by atoms with van der Waals surface area (Å²) < 4.78 is 45.4. The normalized spacial score (nSPS) is 27.2. The second-order valence-electron chi connectivity index (χ2n) is 14.9. The fourth-order valence-electron chi connectivity index (χ4n) is 9.01. The number of aromatic nitrogens is 4. The number of fused-ring (bicyclic) bond motifs is 5. The van der Waals surface area contributed by atoms with Crippen LogP contribution in [0.15, 0.2) is 12.1 Å². The maximum atomic E-state index is 15.9. The second kappa shape index (κ2) is 12.2. The van der Waals surface area contributed by atoms with Gasteiger partial charge in [0.25, 0.3) is 5.91 Å². The van der Waals surface area contributed by atoms with Crippen LogP contribution in [-0.4, -0.2) is 87.5 Å². The number of nitrogens with zero attached hydrogens (tertiary/aromatic N) is 8. The SMILES string of the molecule is CC1CCC2(Cc3nc(OCC45CCCN4CC(F)C5)nc(N4CCCn5nc(C(=O)N(C)C)c(F)c5C4)c3CO2)c2c1ccc(N)c2C#N. The van der Waals surface area contributed by atoms with E-state index in [9.17, 15) is 14.4 Å². The van der Waals surface area contributed by atoms with E-state index in [1.807, 2.05) is 11.0 Å². The molecule has 1 aliphatic carbocycles. The summed E-state index contributed by atoms with van der Waals surface area (Å²) in [6.45, 7) is 4.96. The molecule has 1 amide bonds. The lowest BCUT2D eigenvalue weighted by molar-refractivity contribution is -0.0873. The predicted octanol–water partition coefficient (Wildman–Crippen LogP) is 4.20. The monoisotopic (exact) mass is 687 g/mol. The van der Waals surface area contributed by atoms with Gasteiger partial charge in [0, 0.05) is 63.4 Å². The van der Waals surface area contributed by atoms with E-state index in [-0.39, 0.29) is 37.4 Å². The minimum Gasteiger partial charge on any atom is -0.461 e. The zero-order chi connectivity index (χ0) is 34.9. The summed E-state index contributed by atoms with van der Waals surface area (Å²) in [5.41, 5.74) is 9.49. The maximum Gasteiger partial charge on any atom is 0.318 e. The molecule has 4 atom stereocenters. The molecule has 2 N–H and O–H groups in total. The first-order chi connectivity index (χ1) is 24.0. The van der Waals surface area contributed by atoms with E-state index in [1.165, 1.54) is 4.90 Å². The standard InChI is InChI=1S/C36H43F2N9O3/c1-21-8-10-36(29-23(21)6-7-26(40)24(29)16-39)15-27-25(19-50-36)32(42-34(41-27)49-20-35-9-4-12-46(35)17-22(37)14-35)45-11-5-13-47-28(18-45)30(38)31(43-47)33(48)44(2)3/h6-7,21-22H,4-5,8-15,17-20,40H2,1-3H3. The Kier molecular flexibility index (Phi) is 7.98. The average molecular weight is 688 g/mol. The maximum absolute atomic E-state index is 15.9. The molecule has 2 fully saturated rings. The van der Waals surface area contributed by atoms with Gasteiger partial charge >= 0.3 is 6.01 Å². The number of amides is 1. The number of aryl methyl sites for hydroxylation is 1. The summed E-state index contributed by atoms with van der Waals surface area (Å²) in [5, 5.41) is 14.6. The van der Waals surface area contributed by atoms with Crippen LogP contribution in [-0.2, 0) is 36.5 Å². The smallest absolute Gasteiger partial charge is 0.318 e. The molecular formula is C36H43F2N9O3. The van der Waals surface area contributed by atoms with Crippen molar-refractivity contribution in [3.63, 3.8) is 0 Å². The highest BCUT2D eigenvalue weighted by atomic mass is 19.1. The zero-order valence-electron chi connectivity index (χ0n) is 28.8. The molecule has 2 saturated heterocycles. The van der Waals surface area contributed by atoms with Gasteiger partial charge < -0.3 is 25.0 Å². The number of carbonyl (C=O) groups excluding carboxylic acids is 1. The van der Waals surface area contributed by atoms with Gasteiger partial charge in [-0.3, -0.25) is 14.4 Å². The van der Waals surface area contributed by atoms with Crippen molar-refractivity contribution in [1.82, 2.24) is 29.5 Å². The van der Waals surface area contributed by atoms with Crippen LogP contribution >= 0.6 is 0 Å². The third-order valence-electron chi connectivity index (χ3n) is 11.6. The van der Waals surface area contributed by atoms with Crippen LogP contribution in [0.4, 0.5) is 20.3 Å². The van der Waals surface area contributed by atoms with E-state index in [0.717, 1.165) is 48.2 Å². The highest BCUT2D eigenvalue weighted by Gasteiger charge is 2.50. The van der Waals surface area contributed by atoms with Crippen molar-refractivity contribution in [3.05, 3.63) is 57.3 Å². The van der Waals surface area contributed by atoms with E-state index < -0.39 is 29.0 Å². The van der Waals surface area contributed by atoms with E-state index in [4.69, 9.17) is 25.2 Å². The van der Waals surface area contributed by atoms with Crippen LogP contribution in [0.5, 0.6) is 6.01 Å². The largest absolute Gasteiger partial charge is 0.461 e. The quantitative estimate of drug-likeness (QED) is 0.389. The van der Waals surface area contributed by atoms with E-state index in [0.29, 0.717) is 68.1 Å². The van der Waals surface area contributed by atoms with E-state index in [2.05, 4.69) is 23.0 Å². The Morgan fingerprint density at radius 1 is 1.22 bits per heavy atom. The van der Waals surface area contributed by atoms with Crippen molar-refractivity contribution in [1.29, 1.82) is 5.26 Å². The minimum absolute atomic E-state index is 0.129. The molecule has 6 heterocycles. The first-order valence-electron chi connectivity index (χ1n) is 17.6. The van der Waals surface area contributed by atoms with Crippen LogP contribution in [0.3, 0.4) is 0 Å². The molecule has 50 heavy (non-hydrogen) atoms. The molecular weight excluding hydrogens is 644 g/mol. The fraction of sp³-hybridized carbons (Fsp3) is 0.583. The van der Waals surface area contributed by atoms with Gasteiger partial charge in [0.05, 0.1) is 35.6 Å². The molecule has 1 spiro atoms. The highest BCUT2D eigenvalue weighted by Crippen LogP contribution is 2.51. The van der Waals surface area contributed by atoms with E-state index >= 15 is 4.39 Å². The molecule has 264 valence electrons. The Balaban J connectivity index is 1.20. The van der Waals surface area contributed by atoms with Crippen LogP contribution in [0.1, 0.15) is 95.5 Å². The summed E-state index contributed by atoms with van der Waals surface area (Å²) >= 11 is 0. The zero-order valence-corrected chi connectivity index (χ0v) is 28.8. The number of carbonyl (C=O) groups is 1. The number of anilines is 2. The predicted molar refractivity (Wildman–Crippen MR) is 180 cm³/mol. The number of hydrogen-bond donors (Lipinski definition) is 1. The van der Waals surface area contributed by atoms with Crippen molar-refractivity contribution in [2.75, 3.05) is 51.0 Å². The summed E-state index contributed by atoms with van der Waals surface area (Å²) in [6.07, 6.45) is 3.91. The third kappa shape index (κ3) is 5.19. The Bertz CT molecular complexity index is 1910. The molecule has 4 unspecified atom stereocenters. The summed E-state index contributed by atoms with van der Waals surface area (Å²) in [6, 6.07) is 6.34. The van der Waals surface area contributed by atoms with Crippen LogP contribution < -0.4 is 15.4 Å². The van der Waals surface area contributed by atoms with Gasteiger partial charge in [0.2, 0.25) is 0 Å². The topological polar surface area (TPSA) is 139 Å². The Morgan fingerprint density at radius 2 is 2.06 bits per heavy atom. The summed E-state index contributed by atoms with van der Waals surface area (Å²) in [4.78, 5) is 28.2. The first-order valence-corrected chi connectivity index (χ1v) is 17.6. The molecule has 8 rings (SSSR count). The summed E-state index contributed by atoms with van der Waals surface area (Å²) in [7, 11) is 3.14. The number of benzene rings is 1. The molecule has 5 aliphatic rings. The van der Waals surface area contributed by atoms with Crippen molar-refractivity contribution in [3.8, 4) is 12.1 Å². The molecule has 0 radical (unpaired) electrons. The number of alkyl halides is 1. The number of nitrogen functional groups attached to an aromatic ring is 1. The lowest BCUT2D eigenvalue weighted by Gasteiger charge is -2.45. The average Bonchev–Trinajstić information content (AvgIpc) is 3.67. The second-order valence-corrected chi connectivity index (χ2v) is 14.9. The first kappa shape index (κ1) is 32.8. The Hall–Kier alpha value is -4.35. The number of rotatable bonds is 5. The molecule has 1 aromatic carbocycles. The number of halogens is 2. The molecule has 14 heteroatoms. The molecule has 0 saturated carbocycles. The Morgan fingerprint density at radius 3 is 2.86 bits per heavy atom. The number of hydrogen-bond acceptors (Lipinski definition) is 10. The third-order valence-corrected chi connectivity index (χ3v) is 11.6. The molecule has 3 aromatic rings. The molecule has 4 aliphatic heterocycles. The minimum atomic E-state index is -0.896. The van der Waals surface area contributed by atoms with Gasteiger partial charge in [-0.15, -0.1) is 0 Å². The highest BCUT2D eigenvalue weighted by molar-refractivity contribution is 5.92. The summed E-state index contributed by atoms with van der Waals surface area (Å²) in [5.74, 6) is -0.330. The fourth-order valence-corrected chi connectivity index (χ4v) is 9.01. The van der Waals surface area contributed by atoms with Crippen LogP contribution in [0.25, 0.3) is 0 Å². The van der Waals surface area contributed by atoms with Crippen molar-refractivity contribution in [2.24, 2.45) is 0 Å². The van der Waals surface area contributed by atoms with Crippen molar-refractivity contribution in [2.45, 2.75) is 94.8 Å². The van der Waals surface area contributed by atoms with Crippen molar-refractivity contribution < 1.29 is 23.0 Å². The van der Waals surface area contributed by atoms with Gasteiger partial charge in [0.15, 0.2) is 11.5 Å². The van der Waals surface area contributed by atoms with Gasteiger partial charge in [-0.1, -0.05) is 13.0 Å². The number of ether oxygens (including phenoxy) is 2. The Labute approximate surface area is 290 Å². The molecule has 0 bridgehead atoms. The van der Waals surface area contributed by atoms with Gasteiger partial charge in [-0.2, -0.15) is 20.3 Å². The van der Waals surface area contributed by atoms with Crippen LogP contribution in [0, 0.1) is 17.1 Å². The number of nitriles is 1. The molecule has 12 nitrogen and oxygen atoms in total. The van der Waals surface area contributed by atoms with Crippen molar-refractivity contribution >= 4 is 17.4 Å². The van der Waals surface area contributed by atoms with E-state index in [1.54, 1.807) is 24.8 Å². The van der Waals surface area contributed by atoms with Gasteiger partial charge in [-0.25, -0.2) is 8.78 Å². The van der Waals surface area contributed by atoms with Gasteiger partial charge in [0.1, 0.15) is 30.3 Å². The van der Waals surface area contributed by atoms with Gasteiger partial charge in [-0.05, 0) is 56.2 Å². The van der Waals surface area contributed by atoms with Crippen LogP contribution in [0.2, 0.25) is 0 Å². The molecule has 2 aromatic heterocycles. The lowest BCUT2D eigenvalue weighted by atomic mass is 9.69. The lowest BCUT2D eigenvalue weighted by Crippen LogP contribution is -2.44.